The lowest BCUT2D eigenvalue weighted by Crippen LogP contribution is -2.48. The van der Waals surface area contributed by atoms with Crippen LogP contribution in [0.25, 0.3) is 11.1 Å². The van der Waals surface area contributed by atoms with Gasteiger partial charge in [0.15, 0.2) is 0 Å². The summed E-state index contributed by atoms with van der Waals surface area (Å²) in [6.07, 6.45) is 5.54. The zero-order valence-electron chi connectivity index (χ0n) is 13.9. The monoisotopic (exact) mass is 340 g/mol. The normalized spacial score (nSPS) is 32.5. The van der Waals surface area contributed by atoms with Crippen molar-refractivity contribution >= 4 is 11.6 Å². The third kappa shape index (κ3) is 3.11. The molecular weight excluding hydrogens is 316 g/mol. The molecule has 0 saturated heterocycles. The summed E-state index contributed by atoms with van der Waals surface area (Å²) in [6.45, 7) is 0. The van der Waals surface area contributed by atoms with Crippen molar-refractivity contribution in [2.75, 3.05) is 0 Å². The Morgan fingerprint density at radius 2 is 1.67 bits per heavy atom. The molecule has 2 saturated carbocycles. The van der Waals surface area contributed by atoms with E-state index in [0.29, 0.717) is 17.9 Å². The molecule has 0 heterocycles. The number of benzene rings is 2. The second-order valence-corrected chi connectivity index (χ2v) is 8.09. The second-order valence-electron chi connectivity index (χ2n) is 7.65. The molecule has 4 rings (SSSR count). The summed E-state index contributed by atoms with van der Waals surface area (Å²) in [5.41, 5.74) is 16.6. The van der Waals surface area contributed by atoms with Crippen LogP contribution in [-0.4, -0.2) is 11.6 Å². The molecule has 126 valence electrons. The van der Waals surface area contributed by atoms with E-state index in [-0.39, 0.29) is 5.54 Å². The molecule has 2 aliphatic carbocycles. The molecule has 24 heavy (non-hydrogen) atoms. The van der Waals surface area contributed by atoms with Gasteiger partial charge in [0.1, 0.15) is 0 Å². The van der Waals surface area contributed by atoms with Crippen LogP contribution in [0.4, 0.5) is 0 Å². The van der Waals surface area contributed by atoms with Crippen molar-refractivity contribution in [3.05, 3.63) is 59.1 Å². The van der Waals surface area contributed by atoms with Gasteiger partial charge in [0.05, 0.1) is 0 Å². The predicted molar refractivity (Wildman–Crippen MR) is 101 cm³/mol. The van der Waals surface area contributed by atoms with Crippen molar-refractivity contribution < 1.29 is 0 Å². The van der Waals surface area contributed by atoms with Gasteiger partial charge in [-0.15, -0.1) is 0 Å². The molecule has 4 N–H and O–H groups in total. The van der Waals surface area contributed by atoms with Crippen LogP contribution in [0.3, 0.4) is 0 Å². The van der Waals surface area contributed by atoms with Gasteiger partial charge in [-0.3, -0.25) is 0 Å². The van der Waals surface area contributed by atoms with Gasteiger partial charge in [0.25, 0.3) is 0 Å². The van der Waals surface area contributed by atoms with Gasteiger partial charge in [0.2, 0.25) is 0 Å². The maximum absolute atomic E-state index is 6.72. The van der Waals surface area contributed by atoms with Crippen LogP contribution in [0.1, 0.15) is 43.6 Å². The van der Waals surface area contributed by atoms with Crippen LogP contribution in [0.2, 0.25) is 5.02 Å². The smallest absolute Gasteiger partial charge is 0.0412 e. The SMILES string of the molecule is NC1CCC(N)(C2CC2c2ccc(-c3cccc(Cl)c3)cc2)CC1. The molecule has 2 atom stereocenters. The van der Waals surface area contributed by atoms with E-state index in [4.69, 9.17) is 23.1 Å². The van der Waals surface area contributed by atoms with E-state index in [2.05, 4.69) is 30.3 Å². The van der Waals surface area contributed by atoms with E-state index in [1.165, 1.54) is 17.5 Å². The van der Waals surface area contributed by atoms with Gasteiger partial charge in [0, 0.05) is 16.6 Å². The fourth-order valence-electron chi connectivity index (χ4n) is 4.34. The van der Waals surface area contributed by atoms with Crippen LogP contribution < -0.4 is 11.5 Å². The molecule has 2 aliphatic rings. The van der Waals surface area contributed by atoms with Gasteiger partial charge < -0.3 is 11.5 Å². The Balaban J connectivity index is 1.47. The first-order valence-corrected chi connectivity index (χ1v) is 9.33. The lowest BCUT2D eigenvalue weighted by molar-refractivity contribution is 0.239. The topological polar surface area (TPSA) is 52.0 Å². The Kier molecular flexibility index (Phi) is 4.16. The maximum atomic E-state index is 6.72. The summed E-state index contributed by atoms with van der Waals surface area (Å²) >= 11 is 6.09. The van der Waals surface area contributed by atoms with Gasteiger partial charge in [-0.1, -0.05) is 48.0 Å². The second kappa shape index (κ2) is 6.18. The first-order valence-electron chi connectivity index (χ1n) is 8.95. The average Bonchev–Trinajstić information content (AvgIpc) is 3.39. The molecular formula is C21H25ClN2. The molecule has 0 aromatic heterocycles. The highest BCUT2D eigenvalue weighted by molar-refractivity contribution is 6.30. The standard InChI is InChI=1S/C21H25ClN2/c22-17-3-1-2-16(12-17)14-4-6-15(7-5-14)19-13-20(19)21(24)10-8-18(23)9-11-21/h1-7,12,18-20H,8-11,13,23-24H2. The average molecular weight is 341 g/mol. The minimum atomic E-state index is 0.00611. The van der Waals surface area contributed by atoms with Gasteiger partial charge in [-0.2, -0.15) is 0 Å². The van der Waals surface area contributed by atoms with E-state index in [1.54, 1.807) is 0 Å². The molecule has 0 radical (unpaired) electrons. The number of hydrogen-bond acceptors (Lipinski definition) is 2. The van der Waals surface area contributed by atoms with Gasteiger partial charge >= 0.3 is 0 Å². The summed E-state index contributed by atoms with van der Waals surface area (Å²) < 4.78 is 0. The zero-order chi connectivity index (χ0) is 16.7. The van der Waals surface area contributed by atoms with Crippen molar-refractivity contribution in [3.8, 4) is 11.1 Å². The highest BCUT2D eigenvalue weighted by Gasteiger charge is 2.51. The van der Waals surface area contributed by atoms with Gasteiger partial charge in [-0.05, 0) is 72.8 Å². The van der Waals surface area contributed by atoms with Crippen molar-refractivity contribution in [2.45, 2.75) is 49.6 Å². The largest absolute Gasteiger partial charge is 0.328 e. The first-order chi connectivity index (χ1) is 11.5. The Bertz CT molecular complexity index is 717. The highest BCUT2D eigenvalue weighted by atomic mass is 35.5. The summed E-state index contributed by atoms with van der Waals surface area (Å²) in [5.74, 6) is 1.25. The maximum Gasteiger partial charge on any atom is 0.0412 e. The summed E-state index contributed by atoms with van der Waals surface area (Å²) in [7, 11) is 0. The number of rotatable bonds is 3. The third-order valence-corrected chi connectivity index (χ3v) is 6.22. The fraction of sp³-hybridized carbons (Fsp3) is 0.429. The summed E-state index contributed by atoms with van der Waals surface area (Å²) in [6, 6.07) is 17.3. The van der Waals surface area contributed by atoms with Crippen LogP contribution in [0.15, 0.2) is 48.5 Å². The minimum Gasteiger partial charge on any atom is -0.328 e. The molecule has 2 aromatic carbocycles. The molecule has 2 unspecified atom stereocenters. The van der Waals surface area contributed by atoms with Crippen LogP contribution in [0, 0.1) is 5.92 Å². The lowest BCUT2D eigenvalue weighted by Gasteiger charge is -2.36. The summed E-state index contributed by atoms with van der Waals surface area (Å²) in [4.78, 5) is 0. The number of halogens is 1. The lowest BCUT2D eigenvalue weighted by atomic mass is 9.76. The molecule has 0 spiro atoms. The third-order valence-electron chi connectivity index (χ3n) is 5.99. The van der Waals surface area contributed by atoms with Crippen molar-refractivity contribution in [3.63, 3.8) is 0 Å². The van der Waals surface area contributed by atoms with Crippen molar-refractivity contribution in [1.82, 2.24) is 0 Å². The molecule has 0 bridgehead atoms. The van der Waals surface area contributed by atoms with E-state index >= 15 is 0 Å². The number of hydrogen-bond donors (Lipinski definition) is 2. The van der Waals surface area contributed by atoms with E-state index in [0.717, 1.165) is 36.3 Å². The minimum absolute atomic E-state index is 0.00611. The Hall–Kier alpha value is -1.35. The molecule has 2 fully saturated rings. The fourth-order valence-corrected chi connectivity index (χ4v) is 4.53. The van der Waals surface area contributed by atoms with Gasteiger partial charge in [-0.25, -0.2) is 0 Å². The Morgan fingerprint density at radius 3 is 2.33 bits per heavy atom. The Morgan fingerprint density at radius 1 is 0.958 bits per heavy atom. The predicted octanol–water partition coefficient (Wildman–Crippen LogP) is 4.71. The first kappa shape index (κ1) is 16.1. The van der Waals surface area contributed by atoms with Crippen LogP contribution in [-0.2, 0) is 0 Å². The van der Waals surface area contributed by atoms with Crippen molar-refractivity contribution in [1.29, 1.82) is 0 Å². The summed E-state index contributed by atoms with van der Waals surface area (Å²) in [5, 5.41) is 0.777. The highest BCUT2D eigenvalue weighted by Crippen LogP contribution is 2.56. The Labute approximate surface area is 149 Å². The van der Waals surface area contributed by atoms with E-state index in [1.807, 2.05) is 18.2 Å². The van der Waals surface area contributed by atoms with Crippen LogP contribution >= 0.6 is 11.6 Å². The quantitative estimate of drug-likeness (QED) is 0.850. The van der Waals surface area contributed by atoms with E-state index in [9.17, 15) is 0 Å². The molecule has 0 amide bonds. The molecule has 2 aromatic rings. The molecule has 2 nitrogen and oxygen atoms in total. The van der Waals surface area contributed by atoms with E-state index < -0.39 is 0 Å². The zero-order valence-corrected chi connectivity index (χ0v) is 14.7. The van der Waals surface area contributed by atoms with Crippen LogP contribution in [0.5, 0.6) is 0 Å². The molecule has 0 aliphatic heterocycles. The number of nitrogens with two attached hydrogens (primary N) is 2. The van der Waals surface area contributed by atoms with Crippen molar-refractivity contribution in [2.24, 2.45) is 17.4 Å². The molecule has 3 heteroatoms.